The van der Waals surface area contributed by atoms with Crippen LogP contribution in [0.3, 0.4) is 0 Å². The second-order valence-electron chi connectivity index (χ2n) is 8.13. The van der Waals surface area contributed by atoms with Crippen LogP contribution in [0.4, 0.5) is 5.69 Å². The minimum atomic E-state index is -3.87. The van der Waals surface area contributed by atoms with Crippen LogP contribution in [0, 0.1) is 6.92 Å². The van der Waals surface area contributed by atoms with E-state index in [-0.39, 0.29) is 22.4 Å². The molecule has 1 amide bonds. The molecule has 0 aliphatic heterocycles. The summed E-state index contributed by atoms with van der Waals surface area (Å²) in [5.41, 5.74) is 3.05. The third-order valence-corrected chi connectivity index (χ3v) is 7.01. The van der Waals surface area contributed by atoms with Gasteiger partial charge >= 0.3 is 5.97 Å². The van der Waals surface area contributed by atoms with Gasteiger partial charge in [-0.05, 0) is 68.4 Å². The van der Waals surface area contributed by atoms with Crippen molar-refractivity contribution >= 4 is 27.6 Å². The zero-order valence-electron chi connectivity index (χ0n) is 17.5. The molecule has 10 heteroatoms. The molecule has 32 heavy (non-hydrogen) atoms. The summed E-state index contributed by atoms with van der Waals surface area (Å²) >= 11 is 0. The Balaban J connectivity index is 1.64. The van der Waals surface area contributed by atoms with E-state index in [1.807, 2.05) is 0 Å². The van der Waals surface area contributed by atoms with Gasteiger partial charge in [-0.25, -0.2) is 13.1 Å². The van der Waals surface area contributed by atoms with Crippen LogP contribution in [-0.4, -0.2) is 36.5 Å². The first-order valence-electron chi connectivity index (χ1n) is 10.3. The maximum Gasteiger partial charge on any atom is 0.312 e. The third-order valence-electron chi connectivity index (χ3n) is 5.46. The highest BCUT2D eigenvalue weighted by atomic mass is 32.2. The third kappa shape index (κ3) is 4.71. The molecule has 0 bridgehead atoms. The van der Waals surface area contributed by atoms with Crippen LogP contribution < -0.4 is 14.8 Å². The van der Waals surface area contributed by atoms with Gasteiger partial charge in [-0.1, -0.05) is 0 Å². The van der Waals surface area contributed by atoms with Crippen LogP contribution in [0.25, 0.3) is 0 Å². The van der Waals surface area contributed by atoms with Crippen LogP contribution in [0.1, 0.15) is 42.4 Å². The molecule has 1 saturated carbocycles. The van der Waals surface area contributed by atoms with E-state index < -0.39 is 28.3 Å². The Bertz CT molecular complexity index is 1200. The van der Waals surface area contributed by atoms with Crippen LogP contribution >= 0.6 is 0 Å². The van der Waals surface area contributed by atoms with Crippen molar-refractivity contribution in [1.29, 1.82) is 0 Å². The van der Waals surface area contributed by atoms with Gasteiger partial charge in [0.1, 0.15) is 28.6 Å². The molecule has 0 radical (unpaired) electrons. The number of aromatic hydroxyl groups is 1. The molecule has 0 unspecified atom stereocenters. The minimum Gasteiger partial charge on any atom is -0.507 e. The number of rotatable bonds is 8. The fourth-order valence-electron chi connectivity index (χ4n) is 3.86. The van der Waals surface area contributed by atoms with Gasteiger partial charge in [0, 0.05) is 23.4 Å². The number of anilines is 1. The van der Waals surface area contributed by atoms with E-state index in [0.717, 1.165) is 30.4 Å². The number of phenolic OH excluding ortho intramolecular Hbond substituents is 1. The lowest BCUT2D eigenvalue weighted by Crippen LogP contribution is -2.25. The van der Waals surface area contributed by atoms with Crippen molar-refractivity contribution < 1.29 is 33.0 Å². The SMILES string of the molecule is Cc1cc(NC(=O)CC(=O)O)c2c(c1Oc1ccc(O)c(S(=O)(=O)NC3CC3)c1)CCC2. The number of fused-ring (bicyclic) bond motifs is 1. The lowest BCUT2D eigenvalue weighted by atomic mass is 10.0. The van der Waals surface area contributed by atoms with Gasteiger partial charge in [-0.15, -0.1) is 0 Å². The number of benzene rings is 2. The van der Waals surface area contributed by atoms with Crippen LogP contribution in [0.15, 0.2) is 29.2 Å². The molecule has 170 valence electrons. The molecule has 0 atom stereocenters. The zero-order chi connectivity index (χ0) is 23.0. The van der Waals surface area contributed by atoms with Gasteiger partial charge in [-0.2, -0.15) is 0 Å². The molecule has 0 spiro atoms. The quantitative estimate of drug-likeness (QED) is 0.444. The van der Waals surface area contributed by atoms with Gasteiger partial charge in [0.25, 0.3) is 0 Å². The highest BCUT2D eigenvalue weighted by Crippen LogP contribution is 2.41. The van der Waals surface area contributed by atoms with E-state index in [0.29, 0.717) is 29.8 Å². The number of phenols is 1. The number of aryl methyl sites for hydroxylation is 1. The Morgan fingerprint density at radius 3 is 2.56 bits per heavy atom. The molecular weight excluding hydrogens is 436 g/mol. The summed E-state index contributed by atoms with van der Waals surface area (Å²) in [7, 11) is -3.87. The van der Waals surface area contributed by atoms with Crippen molar-refractivity contribution in [3.05, 3.63) is 41.0 Å². The fraction of sp³-hybridized carbons (Fsp3) is 0.364. The second-order valence-corrected chi connectivity index (χ2v) is 9.81. The molecule has 0 aromatic heterocycles. The Kier molecular flexibility index (Phi) is 5.83. The first-order valence-corrected chi connectivity index (χ1v) is 11.8. The first-order chi connectivity index (χ1) is 15.1. The van der Waals surface area contributed by atoms with Crippen molar-refractivity contribution in [3.63, 3.8) is 0 Å². The summed E-state index contributed by atoms with van der Waals surface area (Å²) < 4.78 is 33.8. The summed E-state index contributed by atoms with van der Waals surface area (Å²) in [6, 6.07) is 5.70. The number of carboxylic acids is 1. The topological polar surface area (TPSA) is 142 Å². The average Bonchev–Trinajstić information content (AvgIpc) is 3.35. The molecule has 4 N–H and O–H groups in total. The Labute approximate surface area is 185 Å². The average molecular weight is 461 g/mol. The molecule has 1 fully saturated rings. The highest BCUT2D eigenvalue weighted by molar-refractivity contribution is 7.89. The summed E-state index contributed by atoms with van der Waals surface area (Å²) in [5.74, 6) is -1.33. The molecule has 2 aromatic carbocycles. The molecule has 4 rings (SSSR count). The van der Waals surface area contributed by atoms with E-state index in [9.17, 15) is 23.1 Å². The van der Waals surface area contributed by atoms with Crippen molar-refractivity contribution in [3.8, 4) is 17.2 Å². The number of ether oxygens (including phenoxy) is 1. The molecule has 2 aliphatic carbocycles. The smallest absolute Gasteiger partial charge is 0.312 e. The highest BCUT2D eigenvalue weighted by Gasteiger charge is 2.30. The number of carboxylic acid groups (broad SMARTS) is 1. The standard InChI is InChI=1S/C22H24N2O7S/c1-12-9-17(23-20(26)11-21(27)28)15-3-2-4-16(15)22(12)31-14-7-8-18(25)19(10-14)32(29,30)24-13-5-6-13/h7-10,13,24-25H,2-6,11H2,1H3,(H,23,26)(H,27,28). The van der Waals surface area contributed by atoms with E-state index >= 15 is 0 Å². The number of nitrogens with one attached hydrogen (secondary N) is 2. The number of hydrogen-bond donors (Lipinski definition) is 4. The first kappa shape index (κ1) is 22.1. The van der Waals surface area contributed by atoms with Crippen LogP contribution in [0.5, 0.6) is 17.2 Å². The Morgan fingerprint density at radius 1 is 1.16 bits per heavy atom. The number of sulfonamides is 1. The summed E-state index contributed by atoms with van der Waals surface area (Å²) in [6.45, 7) is 1.80. The van der Waals surface area contributed by atoms with Gasteiger partial charge in [-0.3, -0.25) is 9.59 Å². The number of aliphatic carboxylic acids is 1. The van der Waals surface area contributed by atoms with Crippen molar-refractivity contribution in [1.82, 2.24) is 4.72 Å². The van der Waals surface area contributed by atoms with E-state index in [1.54, 1.807) is 13.0 Å². The number of hydrogen-bond acceptors (Lipinski definition) is 6. The molecule has 9 nitrogen and oxygen atoms in total. The van der Waals surface area contributed by atoms with Gasteiger partial charge in [0.15, 0.2) is 0 Å². The normalized spacial score (nSPS) is 15.3. The predicted octanol–water partition coefficient (Wildman–Crippen LogP) is 2.84. The van der Waals surface area contributed by atoms with Crippen LogP contribution in [-0.2, 0) is 32.5 Å². The second kappa shape index (κ2) is 8.44. The number of carbonyl (C=O) groups excluding carboxylic acids is 1. The van der Waals surface area contributed by atoms with Gasteiger partial charge in [0.2, 0.25) is 15.9 Å². The summed E-state index contributed by atoms with van der Waals surface area (Å²) in [5, 5.41) is 21.6. The molecule has 0 heterocycles. The molecular formula is C22H24N2O7S. The lowest BCUT2D eigenvalue weighted by Gasteiger charge is -2.18. The van der Waals surface area contributed by atoms with E-state index in [1.165, 1.54) is 18.2 Å². The monoisotopic (exact) mass is 460 g/mol. The Hall–Kier alpha value is -3.11. The van der Waals surface area contributed by atoms with Gasteiger partial charge in [0.05, 0.1) is 0 Å². The Morgan fingerprint density at radius 2 is 1.88 bits per heavy atom. The summed E-state index contributed by atoms with van der Waals surface area (Å²) in [4.78, 5) is 22.5. The summed E-state index contributed by atoms with van der Waals surface area (Å²) in [6.07, 6.45) is 3.19. The molecule has 2 aliphatic rings. The number of amides is 1. The molecule has 0 saturated heterocycles. The lowest BCUT2D eigenvalue weighted by molar-refractivity contribution is -0.139. The molecule has 2 aromatic rings. The maximum atomic E-state index is 12.6. The maximum absolute atomic E-state index is 12.6. The van der Waals surface area contributed by atoms with E-state index in [2.05, 4.69) is 10.0 Å². The van der Waals surface area contributed by atoms with Crippen molar-refractivity contribution in [2.75, 3.05) is 5.32 Å². The van der Waals surface area contributed by atoms with Crippen molar-refractivity contribution in [2.24, 2.45) is 0 Å². The van der Waals surface area contributed by atoms with Crippen molar-refractivity contribution in [2.45, 2.75) is 56.4 Å². The van der Waals surface area contributed by atoms with Gasteiger partial charge < -0.3 is 20.3 Å². The largest absolute Gasteiger partial charge is 0.507 e. The minimum absolute atomic E-state index is 0.0987. The predicted molar refractivity (Wildman–Crippen MR) is 116 cm³/mol. The van der Waals surface area contributed by atoms with Crippen LogP contribution in [0.2, 0.25) is 0 Å². The van der Waals surface area contributed by atoms with E-state index in [4.69, 9.17) is 9.84 Å². The zero-order valence-corrected chi connectivity index (χ0v) is 18.3. The number of carbonyl (C=O) groups is 2. The fourth-order valence-corrected chi connectivity index (χ4v) is 5.28.